The first-order valence-electron chi connectivity index (χ1n) is 7.24. The summed E-state index contributed by atoms with van der Waals surface area (Å²) in [6.45, 7) is 0.346. The largest absolute Gasteiger partial charge is 0.496 e. The van der Waals surface area contributed by atoms with Crippen molar-refractivity contribution >= 4 is 27.5 Å². The van der Waals surface area contributed by atoms with E-state index in [1.54, 1.807) is 24.3 Å². The maximum absolute atomic E-state index is 12.2. The fraction of sp³-hybridized carbons (Fsp3) is 0.188. The normalized spacial score (nSPS) is 11.2. The first-order valence-corrected chi connectivity index (χ1v) is 9.10. The zero-order chi connectivity index (χ0) is 18.4. The topological polar surface area (TPSA) is 105 Å². The van der Waals surface area contributed by atoms with Gasteiger partial charge in [-0.25, -0.2) is 8.42 Å². The minimum atomic E-state index is -3.89. The van der Waals surface area contributed by atoms with E-state index in [9.17, 15) is 13.2 Å². The number of ether oxygens (including phenoxy) is 1. The number of sulfonamides is 1. The monoisotopic (exact) mass is 384 g/mol. The van der Waals surface area contributed by atoms with E-state index < -0.39 is 10.0 Å². The van der Waals surface area contributed by atoms with E-state index in [2.05, 4.69) is 5.32 Å². The van der Waals surface area contributed by atoms with Crippen molar-refractivity contribution in [3.05, 3.63) is 58.6 Å². The fourth-order valence-corrected chi connectivity index (χ4v) is 2.93. The zero-order valence-electron chi connectivity index (χ0n) is 13.3. The molecule has 7 nitrogen and oxygen atoms in total. The SMILES string of the molecule is COc1ccc(Cl)cc1C(=O)NCCc1ccc(S(=O)(=O)NO)cc1. The van der Waals surface area contributed by atoms with E-state index >= 15 is 0 Å². The zero-order valence-corrected chi connectivity index (χ0v) is 14.9. The van der Waals surface area contributed by atoms with Crippen molar-refractivity contribution in [3.63, 3.8) is 0 Å². The van der Waals surface area contributed by atoms with Crippen LogP contribution in [0.15, 0.2) is 47.4 Å². The van der Waals surface area contributed by atoms with Crippen LogP contribution in [0, 0.1) is 0 Å². The second kappa shape index (κ2) is 8.30. The molecule has 0 aliphatic carbocycles. The van der Waals surface area contributed by atoms with Crippen molar-refractivity contribution < 1.29 is 23.2 Å². The molecule has 0 bridgehead atoms. The molecule has 0 heterocycles. The number of carbonyl (C=O) groups excluding carboxylic acids is 1. The van der Waals surface area contributed by atoms with Gasteiger partial charge in [-0.2, -0.15) is 0 Å². The second-order valence-electron chi connectivity index (χ2n) is 5.09. The van der Waals surface area contributed by atoms with E-state index in [4.69, 9.17) is 21.5 Å². The van der Waals surface area contributed by atoms with Crippen molar-refractivity contribution in [2.45, 2.75) is 11.3 Å². The first kappa shape index (κ1) is 19.2. The van der Waals surface area contributed by atoms with E-state index in [1.807, 2.05) is 0 Å². The number of nitrogens with one attached hydrogen (secondary N) is 2. The lowest BCUT2D eigenvalue weighted by atomic mass is 10.1. The van der Waals surface area contributed by atoms with E-state index in [1.165, 1.54) is 30.2 Å². The molecular formula is C16H17ClN2O5S. The van der Waals surface area contributed by atoms with Gasteiger partial charge in [-0.1, -0.05) is 28.6 Å². The molecule has 2 aromatic carbocycles. The lowest BCUT2D eigenvalue weighted by Gasteiger charge is -2.10. The lowest BCUT2D eigenvalue weighted by Crippen LogP contribution is -2.26. The Kier molecular flexibility index (Phi) is 6.38. The predicted molar refractivity (Wildman–Crippen MR) is 92.6 cm³/mol. The Hall–Kier alpha value is -2.13. The molecular weight excluding hydrogens is 368 g/mol. The van der Waals surface area contributed by atoms with Crippen LogP contribution in [0.2, 0.25) is 5.02 Å². The summed E-state index contributed by atoms with van der Waals surface area (Å²) < 4.78 is 28.0. The number of hydrogen-bond donors (Lipinski definition) is 3. The summed E-state index contributed by atoms with van der Waals surface area (Å²) in [5, 5.41) is 11.8. The van der Waals surface area contributed by atoms with Crippen LogP contribution in [0.5, 0.6) is 5.75 Å². The van der Waals surface area contributed by atoms with Gasteiger partial charge in [0.2, 0.25) is 0 Å². The third-order valence-electron chi connectivity index (χ3n) is 3.46. The highest BCUT2D eigenvalue weighted by atomic mass is 35.5. The van der Waals surface area contributed by atoms with Gasteiger partial charge in [0.05, 0.1) is 17.6 Å². The molecule has 0 saturated heterocycles. The predicted octanol–water partition coefficient (Wildman–Crippen LogP) is 1.99. The van der Waals surface area contributed by atoms with Gasteiger partial charge in [0.25, 0.3) is 15.9 Å². The summed E-state index contributed by atoms with van der Waals surface area (Å²) in [5.41, 5.74) is 1.17. The van der Waals surface area contributed by atoms with Crippen LogP contribution in [0.25, 0.3) is 0 Å². The van der Waals surface area contributed by atoms with Crippen LogP contribution >= 0.6 is 11.6 Å². The molecule has 0 aromatic heterocycles. The summed E-state index contributed by atoms with van der Waals surface area (Å²) >= 11 is 5.90. The van der Waals surface area contributed by atoms with E-state index in [-0.39, 0.29) is 10.8 Å². The highest BCUT2D eigenvalue weighted by Crippen LogP contribution is 2.22. The van der Waals surface area contributed by atoms with Gasteiger partial charge in [-0.15, -0.1) is 0 Å². The molecule has 0 unspecified atom stereocenters. The Morgan fingerprint density at radius 3 is 2.48 bits per heavy atom. The molecule has 0 atom stereocenters. The van der Waals surface area contributed by atoms with Gasteiger partial charge in [0.15, 0.2) is 0 Å². The molecule has 0 fully saturated rings. The number of rotatable bonds is 7. The number of hydrogen-bond acceptors (Lipinski definition) is 5. The van der Waals surface area contributed by atoms with Crippen LogP contribution in [0.1, 0.15) is 15.9 Å². The Labute approximate surface area is 150 Å². The first-order chi connectivity index (χ1) is 11.9. The molecule has 9 heteroatoms. The molecule has 0 radical (unpaired) electrons. The van der Waals surface area contributed by atoms with Crippen molar-refractivity contribution in [1.82, 2.24) is 10.2 Å². The van der Waals surface area contributed by atoms with Crippen LogP contribution in [-0.2, 0) is 16.4 Å². The van der Waals surface area contributed by atoms with Gasteiger partial charge in [0.1, 0.15) is 5.75 Å². The van der Waals surface area contributed by atoms with Gasteiger partial charge in [-0.05, 0) is 42.3 Å². The summed E-state index contributed by atoms with van der Waals surface area (Å²) in [4.78, 5) is 13.4. The average molecular weight is 385 g/mol. The van der Waals surface area contributed by atoms with Gasteiger partial charge in [0, 0.05) is 11.6 Å². The molecule has 0 aliphatic rings. The van der Waals surface area contributed by atoms with Crippen LogP contribution < -0.4 is 14.9 Å². The quantitative estimate of drug-likeness (QED) is 0.633. The maximum Gasteiger partial charge on any atom is 0.262 e. The van der Waals surface area contributed by atoms with Crippen molar-refractivity contribution in [2.24, 2.45) is 0 Å². The third-order valence-corrected chi connectivity index (χ3v) is 4.83. The van der Waals surface area contributed by atoms with Gasteiger partial charge < -0.3 is 15.3 Å². The molecule has 0 aliphatic heterocycles. The summed E-state index contributed by atoms with van der Waals surface area (Å²) in [7, 11) is -2.42. The molecule has 0 saturated carbocycles. The molecule has 3 N–H and O–H groups in total. The second-order valence-corrected chi connectivity index (χ2v) is 7.19. The molecule has 25 heavy (non-hydrogen) atoms. The number of benzene rings is 2. The van der Waals surface area contributed by atoms with Gasteiger partial charge in [-0.3, -0.25) is 4.79 Å². The van der Waals surface area contributed by atoms with E-state index in [0.29, 0.717) is 29.3 Å². The van der Waals surface area contributed by atoms with Crippen LogP contribution in [-0.4, -0.2) is 33.2 Å². The van der Waals surface area contributed by atoms with Crippen LogP contribution in [0.4, 0.5) is 0 Å². The summed E-state index contributed by atoms with van der Waals surface area (Å²) in [6.07, 6.45) is 0.501. The van der Waals surface area contributed by atoms with Gasteiger partial charge >= 0.3 is 0 Å². The molecule has 0 spiro atoms. The summed E-state index contributed by atoms with van der Waals surface area (Å²) in [6, 6.07) is 10.7. The highest BCUT2D eigenvalue weighted by Gasteiger charge is 2.13. The molecule has 134 valence electrons. The van der Waals surface area contributed by atoms with Crippen molar-refractivity contribution in [3.8, 4) is 5.75 Å². The molecule has 2 aromatic rings. The third kappa shape index (κ3) is 4.93. The lowest BCUT2D eigenvalue weighted by molar-refractivity contribution is 0.0951. The highest BCUT2D eigenvalue weighted by molar-refractivity contribution is 7.89. The number of methoxy groups -OCH3 is 1. The Balaban J connectivity index is 1.97. The fourth-order valence-electron chi connectivity index (χ4n) is 2.16. The molecule has 1 amide bonds. The number of carbonyl (C=O) groups is 1. The van der Waals surface area contributed by atoms with E-state index in [0.717, 1.165) is 5.56 Å². The Morgan fingerprint density at radius 1 is 1.20 bits per heavy atom. The maximum atomic E-state index is 12.2. The van der Waals surface area contributed by atoms with Crippen molar-refractivity contribution in [1.29, 1.82) is 0 Å². The standard InChI is InChI=1S/C16H17ClN2O5S/c1-24-15-7-4-12(17)10-14(15)16(20)18-9-8-11-2-5-13(6-3-11)25(22,23)19-21/h2-7,10,19,21H,8-9H2,1H3,(H,18,20). The van der Waals surface area contributed by atoms with Crippen LogP contribution in [0.3, 0.4) is 0 Å². The number of amides is 1. The summed E-state index contributed by atoms with van der Waals surface area (Å²) in [5.74, 6) is 0.107. The Morgan fingerprint density at radius 2 is 1.88 bits per heavy atom. The molecule has 2 rings (SSSR count). The minimum absolute atomic E-state index is 0.0496. The number of halogens is 1. The smallest absolute Gasteiger partial charge is 0.262 e. The van der Waals surface area contributed by atoms with Crippen molar-refractivity contribution in [2.75, 3.05) is 13.7 Å². The minimum Gasteiger partial charge on any atom is -0.496 e. The Bertz CT molecular complexity index is 853. The average Bonchev–Trinajstić information content (AvgIpc) is 2.62.